The maximum absolute atomic E-state index is 13.4. The van der Waals surface area contributed by atoms with Crippen molar-refractivity contribution in [1.82, 2.24) is 0 Å². The summed E-state index contributed by atoms with van der Waals surface area (Å²) in [6.07, 6.45) is 0.710. The largest absolute Gasteiger partial charge is 0.398 e. The Hall–Kier alpha value is -2.07. The van der Waals surface area contributed by atoms with Crippen LogP contribution in [-0.4, -0.2) is 12.5 Å². The van der Waals surface area contributed by atoms with E-state index in [9.17, 15) is 9.18 Å². The molecule has 1 aliphatic heterocycles. The molecule has 0 bridgehead atoms. The molecule has 102 valence electrons. The van der Waals surface area contributed by atoms with Crippen LogP contribution in [0, 0.1) is 5.82 Å². The second kappa shape index (κ2) is 4.80. The average molecular weight is 291 g/mol. The minimum Gasteiger partial charge on any atom is -0.398 e. The Bertz CT molecular complexity index is 702. The van der Waals surface area contributed by atoms with E-state index in [2.05, 4.69) is 0 Å². The van der Waals surface area contributed by atoms with Gasteiger partial charge in [-0.1, -0.05) is 17.7 Å². The summed E-state index contributed by atoms with van der Waals surface area (Å²) >= 11 is 5.91. The van der Waals surface area contributed by atoms with E-state index < -0.39 is 0 Å². The number of rotatable bonds is 1. The Morgan fingerprint density at radius 1 is 1.25 bits per heavy atom. The molecule has 20 heavy (non-hydrogen) atoms. The molecular weight excluding hydrogens is 279 g/mol. The number of carbonyl (C=O) groups excluding carboxylic acids is 1. The molecule has 0 saturated heterocycles. The lowest BCUT2D eigenvalue weighted by molar-refractivity contribution is 0.0990. The number of halogens is 2. The number of fused-ring (bicyclic) bond motifs is 1. The average Bonchev–Trinajstić information content (AvgIpc) is 2.83. The minimum absolute atomic E-state index is 0.255. The fourth-order valence-corrected chi connectivity index (χ4v) is 2.59. The molecule has 2 aromatic rings. The molecule has 3 nitrogen and oxygen atoms in total. The van der Waals surface area contributed by atoms with E-state index in [0.717, 1.165) is 5.56 Å². The van der Waals surface area contributed by atoms with Crippen LogP contribution in [0.5, 0.6) is 0 Å². The molecule has 0 saturated carbocycles. The second-order valence-corrected chi connectivity index (χ2v) is 5.15. The van der Waals surface area contributed by atoms with E-state index in [1.165, 1.54) is 18.2 Å². The van der Waals surface area contributed by atoms with Gasteiger partial charge in [-0.05, 0) is 42.3 Å². The minimum atomic E-state index is -0.359. The van der Waals surface area contributed by atoms with Crippen LogP contribution in [0.15, 0.2) is 36.4 Å². The van der Waals surface area contributed by atoms with E-state index in [1.807, 2.05) is 0 Å². The highest BCUT2D eigenvalue weighted by Gasteiger charge is 2.27. The normalized spacial score (nSPS) is 13.4. The maximum atomic E-state index is 13.4. The number of anilines is 2. The number of hydrogen-bond acceptors (Lipinski definition) is 2. The summed E-state index contributed by atoms with van der Waals surface area (Å²) in [5.41, 5.74) is 8.10. The number of nitrogen functional groups attached to an aromatic ring is 1. The second-order valence-electron chi connectivity index (χ2n) is 4.71. The Morgan fingerprint density at radius 2 is 2.05 bits per heavy atom. The van der Waals surface area contributed by atoms with Gasteiger partial charge in [-0.15, -0.1) is 0 Å². The first-order valence-corrected chi connectivity index (χ1v) is 6.59. The van der Waals surface area contributed by atoms with Crippen LogP contribution in [0.3, 0.4) is 0 Å². The van der Waals surface area contributed by atoms with Gasteiger partial charge < -0.3 is 10.6 Å². The molecule has 0 fully saturated rings. The molecule has 0 atom stereocenters. The topological polar surface area (TPSA) is 46.3 Å². The first-order valence-electron chi connectivity index (χ1n) is 6.21. The number of nitrogens with zero attached hydrogens (tertiary/aromatic N) is 1. The standard InChI is InChI=1S/C15H12ClFN2O/c16-10-2-4-13(18)12(7-10)15(20)19-6-5-9-1-3-11(17)8-14(9)19/h1-4,7-8H,5-6,18H2. The highest BCUT2D eigenvalue weighted by molar-refractivity contribution is 6.31. The van der Waals surface area contributed by atoms with Crippen LogP contribution in [0.1, 0.15) is 15.9 Å². The van der Waals surface area contributed by atoms with Gasteiger partial charge in [0.25, 0.3) is 5.91 Å². The molecule has 2 N–H and O–H groups in total. The predicted octanol–water partition coefficient (Wildman–Crippen LogP) is 3.26. The van der Waals surface area contributed by atoms with Crippen molar-refractivity contribution in [2.75, 3.05) is 17.2 Å². The molecule has 1 heterocycles. The van der Waals surface area contributed by atoms with Gasteiger partial charge in [0, 0.05) is 17.3 Å². The predicted molar refractivity (Wildman–Crippen MR) is 77.6 cm³/mol. The van der Waals surface area contributed by atoms with Crippen LogP contribution in [0.2, 0.25) is 5.02 Å². The fraction of sp³-hybridized carbons (Fsp3) is 0.133. The van der Waals surface area contributed by atoms with Crippen LogP contribution < -0.4 is 10.6 Å². The number of amides is 1. The Balaban J connectivity index is 2.01. The zero-order valence-corrected chi connectivity index (χ0v) is 11.3. The van der Waals surface area contributed by atoms with Gasteiger partial charge in [0.2, 0.25) is 0 Å². The smallest absolute Gasteiger partial charge is 0.260 e. The van der Waals surface area contributed by atoms with Crippen molar-refractivity contribution >= 4 is 28.9 Å². The lowest BCUT2D eigenvalue weighted by Crippen LogP contribution is -2.29. The van der Waals surface area contributed by atoms with Gasteiger partial charge in [0.05, 0.1) is 11.3 Å². The molecule has 0 spiro atoms. The highest BCUT2D eigenvalue weighted by atomic mass is 35.5. The summed E-state index contributed by atoms with van der Waals surface area (Å²) in [7, 11) is 0. The first-order chi connectivity index (χ1) is 9.56. The summed E-state index contributed by atoms with van der Waals surface area (Å²) in [5.74, 6) is -0.614. The number of hydrogen-bond donors (Lipinski definition) is 1. The van der Waals surface area contributed by atoms with E-state index in [1.54, 1.807) is 23.1 Å². The Labute approximate surface area is 120 Å². The molecule has 1 aliphatic rings. The molecule has 0 unspecified atom stereocenters. The van der Waals surface area contributed by atoms with Crippen LogP contribution in [0.4, 0.5) is 15.8 Å². The van der Waals surface area contributed by atoms with Crippen molar-refractivity contribution in [3.8, 4) is 0 Å². The third-order valence-electron chi connectivity index (χ3n) is 3.43. The zero-order chi connectivity index (χ0) is 14.3. The molecular formula is C15H12ClFN2O. The molecule has 1 amide bonds. The third kappa shape index (κ3) is 2.12. The van der Waals surface area contributed by atoms with E-state index in [4.69, 9.17) is 17.3 Å². The van der Waals surface area contributed by atoms with E-state index >= 15 is 0 Å². The monoisotopic (exact) mass is 290 g/mol. The molecule has 5 heteroatoms. The quantitative estimate of drug-likeness (QED) is 0.819. The van der Waals surface area contributed by atoms with Crippen molar-refractivity contribution in [3.05, 3.63) is 58.4 Å². The summed E-state index contributed by atoms with van der Waals surface area (Å²) in [6.45, 7) is 0.517. The van der Waals surface area contributed by atoms with Gasteiger partial charge in [-0.3, -0.25) is 4.79 Å². The summed E-state index contributed by atoms with van der Waals surface area (Å²) in [5, 5.41) is 0.446. The SMILES string of the molecule is Nc1ccc(Cl)cc1C(=O)N1CCc2ccc(F)cc21. The van der Waals surface area contributed by atoms with Crippen molar-refractivity contribution in [2.45, 2.75) is 6.42 Å². The lowest BCUT2D eigenvalue weighted by atomic mass is 10.1. The zero-order valence-electron chi connectivity index (χ0n) is 10.6. The third-order valence-corrected chi connectivity index (χ3v) is 3.67. The molecule has 0 aliphatic carbocycles. The molecule has 3 rings (SSSR count). The summed E-state index contributed by atoms with van der Waals surface area (Å²) in [4.78, 5) is 14.1. The first kappa shape index (κ1) is 12.9. The van der Waals surface area contributed by atoms with Crippen molar-refractivity contribution in [1.29, 1.82) is 0 Å². The van der Waals surface area contributed by atoms with Crippen LogP contribution in [0.25, 0.3) is 0 Å². The van der Waals surface area contributed by atoms with Gasteiger partial charge >= 0.3 is 0 Å². The van der Waals surface area contributed by atoms with Gasteiger partial charge in [0.1, 0.15) is 5.82 Å². The maximum Gasteiger partial charge on any atom is 0.260 e. The van der Waals surface area contributed by atoms with Crippen LogP contribution in [-0.2, 0) is 6.42 Å². The lowest BCUT2D eigenvalue weighted by Gasteiger charge is -2.18. The van der Waals surface area contributed by atoms with Crippen molar-refractivity contribution < 1.29 is 9.18 Å². The molecule has 0 radical (unpaired) electrons. The highest BCUT2D eigenvalue weighted by Crippen LogP contribution is 2.31. The number of nitrogens with two attached hydrogens (primary N) is 1. The van der Waals surface area contributed by atoms with E-state index in [-0.39, 0.29) is 11.7 Å². The van der Waals surface area contributed by atoms with Gasteiger partial charge in [-0.2, -0.15) is 0 Å². The van der Waals surface area contributed by atoms with Gasteiger partial charge in [0.15, 0.2) is 0 Å². The summed E-state index contributed by atoms with van der Waals surface area (Å²) < 4.78 is 13.4. The van der Waals surface area contributed by atoms with Gasteiger partial charge in [-0.25, -0.2) is 4.39 Å². The van der Waals surface area contributed by atoms with Crippen molar-refractivity contribution in [3.63, 3.8) is 0 Å². The number of carbonyl (C=O) groups is 1. The Kier molecular flexibility index (Phi) is 3.10. The van der Waals surface area contributed by atoms with Crippen LogP contribution >= 0.6 is 11.6 Å². The summed E-state index contributed by atoms with van der Waals surface area (Å²) in [6, 6.07) is 9.25. The molecule has 2 aromatic carbocycles. The number of benzene rings is 2. The van der Waals surface area contributed by atoms with E-state index in [0.29, 0.717) is 34.9 Å². The fourth-order valence-electron chi connectivity index (χ4n) is 2.42. The Morgan fingerprint density at radius 3 is 2.85 bits per heavy atom. The molecule has 0 aromatic heterocycles. The van der Waals surface area contributed by atoms with Crippen molar-refractivity contribution in [2.24, 2.45) is 0 Å².